The largest absolute Gasteiger partial charge is 0.345 e. The minimum atomic E-state index is 1.21. The highest BCUT2D eigenvalue weighted by Crippen LogP contribution is 2.21. The zero-order valence-corrected chi connectivity index (χ0v) is 19.8. The van der Waals surface area contributed by atoms with Gasteiger partial charge in [0.15, 0.2) is 0 Å². The van der Waals surface area contributed by atoms with Crippen LogP contribution in [-0.4, -0.2) is 7.05 Å². The van der Waals surface area contributed by atoms with E-state index in [0.29, 0.717) is 0 Å². The van der Waals surface area contributed by atoms with Crippen molar-refractivity contribution >= 4 is 22.1 Å². The Bertz CT molecular complexity index is 765. The average Bonchev–Trinajstić information content (AvgIpc) is 2.89. The number of rotatable bonds is 2. The minimum absolute atomic E-state index is 1.21. The van der Waals surface area contributed by atoms with E-state index in [-0.39, 0.29) is 0 Å². The molecule has 0 spiro atoms. The molecule has 0 aliphatic rings. The van der Waals surface area contributed by atoms with Crippen LogP contribution in [0.2, 0.25) is 0 Å². The fraction of sp³-hybridized carbons (Fsp3) is 0.241. The van der Waals surface area contributed by atoms with Gasteiger partial charge in [0.2, 0.25) is 0 Å². The van der Waals surface area contributed by atoms with Gasteiger partial charge in [0, 0.05) is 18.4 Å². The summed E-state index contributed by atoms with van der Waals surface area (Å²) in [4.78, 5) is 2.17. The second-order valence-corrected chi connectivity index (χ2v) is 5.58. The van der Waals surface area contributed by atoms with E-state index < -0.39 is 0 Å². The zero-order chi connectivity index (χ0) is 22.6. The van der Waals surface area contributed by atoms with Crippen LogP contribution < -0.4 is 4.90 Å². The molecular formula is C29H39N. The first kappa shape index (κ1) is 26.9. The Hall–Kier alpha value is -3.06. The van der Waals surface area contributed by atoms with Crippen LogP contribution in [0, 0.1) is 0 Å². The second-order valence-electron chi connectivity index (χ2n) is 5.58. The quantitative estimate of drug-likeness (QED) is 0.323. The highest BCUT2D eigenvalue weighted by molar-refractivity contribution is 5.82. The number of para-hydroxylation sites is 2. The van der Waals surface area contributed by atoms with Gasteiger partial charge in [-0.1, -0.05) is 126 Å². The summed E-state index contributed by atoms with van der Waals surface area (Å²) in [6.07, 6.45) is 0. The van der Waals surface area contributed by atoms with Crippen molar-refractivity contribution in [1.29, 1.82) is 0 Å². The lowest BCUT2D eigenvalue weighted by Gasteiger charge is -2.18. The van der Waals surface area contributed by atoms with Crippen molar-refractivity contribution in [2.75, 3.05) is 11.9 Å². The first-order chi connectivity index (χ1) is 14.8. The molecule has 30 heavy (non-hydrogen) atoms. The van der Waals surface area contributed by atoms with Crippen molar-refractivity contribution in [1.82, 2.24) is 0 Å². The van der Waals surface area contributed by atoms with Gasteiger partial charge in [-0.2, -0.15) is 0 Å². The maximum Gasteiger partial charge on any atom is 0.0408 e. The molecule has 0 aliphatic carbocycles. The standard InChI is InChI=1S/C13H13N.C10H8.3C2H6/c1-14(12-8-4-2-5-9-12)13-10-6-3-7-11-13;1-2-6-10-8-4-3-7-9(10)5-1;3*1-2/h2-11H,1H3;1-8H;3*1-2H3. The Labute approximate surface area is 185 Å². The summed E-state index contributed by atoms with van der Waals surface area (Å²) >= 11 is 0. The van der Waals surface area contributed by atoms with Crippen LogP contribution in [0.25, 0.3) is 10.8 Å². The number of hydrogen-bond acceptors (Lipinski definition) is 1. The fourth-order valence-electron chi connectivity index (χ4n) is 2.59. The molecule has 0 saturated heterocycles. The van der Waals surface area contributed by atoms with Gasteiger partial charge in [0.05, 0.1) is 0 Å². The Morgan fingerprint density at radius 1 is 0.367 bits per heavy atom. The molecule has 1 nitrogen and oxygen atoms in total. The van der Waals surface area contributed by atoms with Crippen molar-refractivity contribution in [3.63, 3.8) is 0 Å². The van der Waals surface area contributed by atoms with E-state index in [4.69, 9.17) is 0 Å². The van der Waals surface area contributed by atoms with Gasteiger partial charge in [-0.15, -0.1) is 0 Å². The van der Waals surface area contributed by atoms with Crippen molar-refractivity contribution in [3.05, 3.63) is 109 Å². The zero-order valence-electron chi connectivity index (χ0n) is 19.8. The molecule has 0 aliphatic heterocycles. The molecule has 0 atom stereocenters. The third-order valence-corrected chi connectivity index (χ3v) is 3.95. The van der Waals surface area contributed by atoms with E-state index in [1.807, 2.05) is 53.7 Å². The summed E-state index contributed by atoms with van der Waals surface area (Å²) in [5, 5.41) is 2.62. The maximum atomic E-state index is 2.17. The molecule has 4 aromatic rings. The van der Waals surface area contributed by atoms with E-state index >= 15 is 0 Å². The van der Waals surface area contributed by atoms with Crippen LogP contribution in [0.1, 0.15) is 41.5 Å². The highest BCUT2D eigenvalue weighted by atomic mass is 15.1. The molecule has 0 amide bonds. The highest BCUT2D eigenvalue weighted by Gasteiger charge is 2.00. The van der Waals surface area contributed by atoms with Gasteiger partial charge < -0.3 is 4.90 Å². The SMILES string of the molecule is CC.CC.CC.CN(c1ccccc1)c1ccccc1.c1ccc2ccccc2c1. The second kappa shape index (κ2) is 18.0. The number of hydrogen-bond donors (Lipinski definition) is 0. The predicted octanol–water partition coefficient (Wildman–Crippen LogP) is 9.37. The van der Waals surface area contributed by atoms with Gasteiger partial charge in [0.1, 0.15) is 0 Å². The number of anilines is 2. The van der Waals surface area contributed by atoms with Gasteiger partial charge in [-0.3, -0.25) is 0 Å². The Kier molecular flexibility index (Phi) is 16.2. The minimum Gasteiger partial charge on any atom is -0.345 e. The van der Waals surface area contributed by atoms with Crippen LogP contribution in [-0.2, 0) is 0 Å². The van der Waals surface area contributed by atoms with Gasteiger partial charge in [-0.25, -0.2) is 0 Å². The molecule has 4 rings (SSSR count). The summed E-state index contributed by atoms with van der Waals surface area (Å²) in [5.74, 6) is 0. The molecule has 0 fully saturated rings. The third-order valence-electron chi connectivity index (χ3n) is 3.95. The molecule has 0 heterocycles. The lowest BCUT2D eigenvalue weighted by molar-refractivity contribution is 1.21. The van der Waals surface area contributed by atoms with Crippen molar-refractivity contribution in [2.45, 2.75) is 41.5 Å². The van der Waals surface area contributed by atoms with Gasteiger partial charge in [-0.05, 0) is 35.0 Å². The van der Waals surface area contributed by atoms with Crippen LogP contribution in [0.15, 0.2) is 109 Å². The predicted molar refractivity (Wildman–Crippen MR) is 139 cm³/mol. The lowest BCUT2D eigenvalue weighted by atomic mass is 10.1. The summed E-state index contributed by atoms with van der Waals surface area (Å²) in [7, 11) is 2.07. The van der Waals surface area contributed by atoms with Crippen LogP contribution in [0.5, 0.6) is 0 Å². The van der Waals surface area contributed by atoms with Crippen LogP contribution >= 0.6 is 0 Å². The summed E-state index contributed by atoms with van der Waals surface area (Å²) in [6, 6.07) is 37.4. The van der Waals surface area contributed by atoms with E-state index in [1.54, 1.807) is 0 Å². The molecule has 0 unspecified atom stereocenters. The fourth-order valence-corrected chi connectivity index (χ4v) is 2.59. The van der Waals surface area contributed by atoms with E-state index in [9.17, 15) is 0 Å². The Morgan fingerprint density at radius 2 is 0.600 bits per heavy atom. The molecule has 160 valence electrons. The topological polar surface area (TPSA) is 3.24 Å². The molecule has 0 N–H and O–H groups in total. The smallest absolute Gasteiger partial charge is 0.0408 e. The average molecular weight is 402 g/mol. The Morgan fingerprint density at radius 3 is 0.867 bits per heavy atom. The van der Waals surface area contributed by atoms with E-state index in [0.717, 1.165) is 0 Å². The molecule has 0 aromatic heterocycles. The van der Waals surface area contributed by atoms with E-state index in [1.165, 1.54) is 22.1 Å². The summed E-state index contributed by atoms with van der Waals surface area (Å²) in [6.45, 7) is 12.0. The lowest BCUT2D eigenvalue weighted by Crippen LogP contribution is -2.08. The number of nitrogens with zero attached hydrogens (tertiary/aromatic N) is 1. The van der Waals surface area contributed by atoms with Crippen LogP contribution in [0.4, 0.5) is 11.4 Å². The summed E-state index contributed by atoms with van der Waals surface area (Å²) < 4.78 is 0. The normalized spacial score (nSPS) is 8.50. The number of fused-ring (bicyclic) bond motifs is 1. The first-order valence-electron chi connectivity index (χ1n) is 11.1. The van der Waals surface area contributed by atoms with Crippen molar-refractivity contribution < 1.29 is 0 Å². The van der Waals surface area contributed by atoms with E-state index in [2.05, 4.69) is 109 Å². The van der Waals surface area contributed by atoms with Crippen LogP contribution in [0.3, 0.4) is 0 Å². The molecule has 4 aromatic carbocycles. The molecule has 1 heteroatoms. The monoisotopic (exact) mass is 401 g/mol. The molecule has 0 saturated carbocycles. The third kappa shape index (κ3) is 9.43. The molecule has 0 bridgehead atoms. The molecular weight excluding hydrogens is 362 g/mol. The van der Waals surface area contributed by atoms with Crippen molar-refractivity contribution in [3.8, 4) is 0 Å². The first-order valence-corrected chi connectivity index (χ1v) is 11.1. The molecule has 0 radical (unpaired) electrons. The number of benzene rings is 4. The van der Waals surface area contributed by atoms with Gasteiger partial charge >= 0.3 is 0 Å². The Balaban J connectivity index is 0.000000462. The summed E-state index contributed by atoms with van der Waals surface area (Å²) in [5.41, 5.74) is 2.41. The van der Waals surface area contributed by atoms with Gasteiger partial charge in [0.25, 0.3) is 0 Å². The maximum absolute atomic E-state index is 2.17. The van der Waals surface area contributed by atoms with Crippen molar-refractivity contribution in [2.24, 2.45) is 0 Å².